The van der Waals surface area contributed by atoms with Crippen molar-refractivity contribution in [1.29, 1.82) is 0 Å². The summed E-state index contributed by atoms with van der Waals surface area (Å²) in [7, 11) is 0. The van der Waals surface area contributed by atoms with Crippen LogP contribution in [-0.2, 0) is 4.79 Å². The van der Waals surface area contributed by atoms with Crippen LogP contribution >= 0.6 is 0 Å². The molecule has 0 saturated carbocycles. The molecule has 1 aliphatic rings. The minimum atomic E-state index is 0.773. The van der Waals surface area contributed by atoms with Crippen LogP contribution in [0.25, 0.3) is 0 Å². The van der Waals surface area contributed by atoms with Gasteiger partial charge in [-0.3, -0.25) is 4.79 Å². The number of hydrogen-bond donors (Lipinski definition) is 0. The van der Waals surface area contributed by atoms with Crippen LogP contribution in [0.1, 0.15) is 19.8 Å². The Kier molecular flexibility index (Phi) is 2.09. The average molecular weight is 127 g/mol. The van der Waals surface area contributed by atoms with Gasteiger partial charge in [-0.05, 0) is 12.3 Å². The first-order chi connectivity index (χ1) is 4.36. The molecule has 0 bridgehead atoms. The van der Waals surface area contributed by atoms with Gasteiger partial charge in [-0.1, -0.05) is 13.3 Å². The molecule has 52 valence electrons. The third-order valence-corrected chi connectivity index (χ3v) is 2.04. The predicted molar refractivity (Wildman–Crippen MR) is 36.0 cm³/mol. The summed E-state index contributed by atoms with van der Waals surface area (Å²) in [5.41, 5.74) is 0. The van der Waals surface area contributed by atoms with Crippen LogP contribution in [0, 0.1) is 5.92 Å². The maximum Gasteiger partial charge on any atom is 0.209 e. The molecule has 0 N–H and O–H groups in total. The standard InChI is InChI=1S/C7H13NO/c1-2-7-3-4-8(5-7)6-9/h6-7H,2-5H2,1H3. The fourth-order valence-corrected chi connectivity index (χ4v) is 1.29. The van der Waals surface area contributed by atoms with Crippen LogP contribution in [0.5, 0.6) is 0 Å². The zero-order valence-electron chi connectivity index (χ0n) is 5.84. The summed E-state index contributed by atoms with van der Waals surface area (Å²) in [6, 6.07) is 0. The Morgan fingerprint density at radius 1 is 1.78 bits per heavy atom. The summed E-state index contributed by atoms with van der Waals surface area (Å²) in [5, 5.41) is 0. The Morgan fingerprint density at radius 2 is 2.56 bits per heavy atom. The molecule has 1 heterocycles. The Balaban J connectivity index is 2.28. The quantitative estimate of drug-likeness (QED) is 0.504. The molecule has 1 atom stereocenters. The normalized spacial score (nSPS) is 26.8. The first-order valence-electron chi connectivity index (χ1n) is 3.56. The molecule has 0 aromatic rings. The highest BCUT2D eigenvalue weighted by molar-refractivity contribution is 5.47. The van der Waals surface area contributed by atoms with Crippen molar-refractivity contribution in [3.05, 3.63) is 0 Å². The summed E-state index contributed by atoms with van der Waals surface area (Å²) in [6.07, 6.45) is 3.37. The Hall–Kier alpha value is -0.530. The molecular weight excluding hydrogens is 114 g/mol. The zero-order valence-corrected chi connectivity index (χ0v) is 5.84. The van der Waals surface area contributed by atoms with Crippen LogP contribution in [0.15, 0.2) is 0 Å². The molecule has 1 saturated heterocycles. The summed E-state index contributed by atoms with van der Waals surface area (Å²) in [4.78, 5) is 12.0. The van der Waals surface area contributed by atoms with E-state index in [2.05, 4.69) is 6.92 Å². The Morgan fingerprint density at radius 3 is 2.89 bits per heavy atom. The van der Waals surface area contributed by atoms with E-state index in [4.69, 9.17) is 0 Å². The van der Waals surface area contributed by atoms with E-state index in [-0.39, 0.29) is 0 Å². The van der Waals surface area contributed by atoms with Crippen LogP contribution in [0.3, 0.4) is 0 Å². The summed E-state index contributed by atoms with van der Waals surface area (Å²) in [5.74, 6) is 0.773. The second-order valence-corrected chi connectivity index (χ2v) is 2.66. The van der Waals surface area contributed by atoms with Crippen molar-refractivity contribution in [3.8, 4) is 0 Å². The highest BCUT2D eigenvalue weighted by Gasteiger charge is 2.18. The predicted octanol–water partition coefficient (Wildman–Crippen LogP) is 0.875. The highest BCUT2D eigenvalue weighted by Crippen LogP contribution is 2.16. The summed E-state index contributed by atoms with van der Waals surface area (Å²) in [6.45, 7) is 4.14. The van der Waals surface area contributed by atoms with E-state index in [0.29, 0.717) is 0 Å². The van der Waals surface area contributed by atoms with Crippen LogP contribution in [-0.4, -0.2) is 24.4 Å². The molecule has 9 heavy (non-hydrogen) atoms. The number of amides is 1. The van der Waals surface area contributed by atoms with Crippen LogP contribution in [0.4, 0.5) is 0 Å². The molecule has 1 rings (SSSR count). The smallest absolute Gasteiger partial charge is 0.209 e. The molecule has 0 aliphatic carbocycles. The lowest BCUT2D eigenvalue weighted by molar-refractivity contribution is -0.117. The van der Waals surface area contributed by atoms with Crippen molar-refractivity contribution in [2.75, 3.05) is 13.1 Å². The molecule has 0 radical (unpaired) electrons. The minimum Gasteiger partial charge on any atom is -0.345 e. The Bertz CT molecular complexity index is 103. The van der Waals surface area contributed by atoms with Crippen molar-refractivity contribution in [1.82, 2.24) is 4.90 Å². The average Bonchev–Trinajstić information content (AvgIpc) is 2.34. The number of likely N-dealkylation sites (tertiary alicyclic amines) is 1. The lowest BCUT2D eigenvalue weighted by Gasteiger charge is -2.06. The fraction of sp³-hybridized carbons (Fsp3) is 0.857. The summed E-state index contributed by atoms with van der Waals surface area (Å²) >= 11 is 0. The number of nitrogens with zero attached hydrogens (tertiary/aromatic N) is 1. The van der Waals surface area contributed by atoms with Gasteiger partial charge in [-0.15, -0.1) is 0 Å². The molecule has 1 fully saturated rings. The number of carbonyl (C=O) groups excluding carboxylic acids is 1. The number of rotatable bonds is 2. The largest absolute Gasteiger partial charge is 0.345 e. The van der Waals surface area contributed by atoms with Crippen molar-refractivity contribution >= 4 is 6.41 Å². The van der Waals surface area contributed by atoms with Gasteiger partial charge in [-0.25, -0.2) is 0 Å². The highest BCUT2D eigenvalue weighted by atomic mass is 16.1. The van der Waals surface area contributed by atoms with Gasteiger partial charge < -0.3 is 4.90 Å². The van der Waals surface area contributed by atoms with Crippen LogP contribution < -0.4 is 0 Å². The molecule has 1 unspecified atom stereocenters. The number of carbonyl (C=O) groups is 1. The Labute approximate surface area is 55.8 Å². The van der Waals surface area contributed by atoms with Crippen molar-refractivity contribution in [3.63, 3.8) is 0 Å². The van der Waals surface area contributed by atoms with E-state index < -0.39 is 0 Å². The first kappa shape index (κ1) is 6.59. The van der Waals surface area contributed by atoms with E-state index in [1.165, 1.54) is 12.8 Å². The second kappa shape index (κ2) is 2.85. The van der Waals surface area contributed by atoms with Crippen molar-refractivity contribution in [2.24, 2.45) is 5.92 Å². The van der Waals surface area contributed by atoms with E-state index in [9.17, 15) is 4.79 Å². The molecule has 0 spiro atoms. The maximum absolute atomic E-state index is 10.2. The molecule has 1 amide bonds. The number of hydrogen-bond acceptors (Lipinski definition) is 1. The third-order valence-electron chi connectivity index (χ3n) is 2.04. The summed E-state index contributed by atoms with van der Waals surface area (Å²) < 4.78 is 0. The second-order valence-electron chi connectivity index (χ2n) is 2.66. The molecule has 0 aromatic heterocycles. The fourth-order valence-electron chi connectivity index (χ4n) is 1.29. The lowest BCUT2D eigenvalue weighted by atomic mass is 10.1. The van der Waals surface area contributed by atoms with E-state index in [0.717, 1.165) is 25.4 Å². The molecule has 0 aromatic carbocycles. The third kappa shape index (κ3) is 1.44. The molecule has 2 nitrogen and oxygen atoms in total. The SMILES string of the molecule is CCC1CCN(C=O)C1. The monoisotopic (exact) mass is 127 g/mol. The van der Waals surface area contributed by atoms with Gasteiger partial charge in [-0.2, -0.15) is 0 Å². The topological polar surface area (TPSA) is 20.3 Å². The van der Waals surface area contributed by atoms with Crippen LogP contribution in [0.2, 0.25) is 0 Å². The molecule has 1 aliphatic heterocycles. The molecular formula is C7H13NO. The van der Waals surface area contributed by atoms with E-state index in [1.807, 2.05) is 4.90 Å². The van der Waals surface area contributed by atoms with Gasteiger partial charge in [0, 0.05) is 13.1 Å². The van der Waals surface area contributed by atoms with Gasteiger partial charge in [0.2, 0.25) is 6.41 Å². The first-order valence-corrected chi connectivity index (χ1v) is 3.56. The van der Waals surface area contributed by atoms with Gasteiger partial charge in [0.05, 0.1) is 0 Å². The van der Waals surface area contributed by atoms with E-state index >= 15 is 0 Å². The van der Waals surface area contributed by atoms with E-state index in [1.54, 1.807) is 0 Å². The lowest BCUT2D eigenvalue weighted by Crippen LogP contribution is -2.17. The zero-order chi connectivity index (χ0) is 6.69. The van der Waals surface area contributed by atoms with Crippen molar-refractivity contribution < 1.29 is 4.79 Å². The molecule has 2 heteroatoms. The van der Waals surface area contributed by atoms with Gasteiger partial charge in [0.25, 0.3) is 0 Å². The van der Waals surface area contributed by atoms with Gasteiger partial charge in [0.1, 0.15) is 0 Å². The minimum absolute atomic E-state index is 0.773. The van der Waals surface area contributed by atoms with Gasteiger partial charge in [0.15, 0.2) is 0 Å². The van der Waals surface area contributed by atoms with Gasteiger partial charge >= 0.3 is 0 Å². The van der Waals surface area contributed by atoms with Crippen molar-refractivity contribution in [2.45, 2.75) is 19.8 Å². The maximum atomic E-state index is 10.2.